The number of hydrogen-bond donors (Lipinski definition) is 1. The Balaban J connectivity index is 1.66. The van der Waals surface area contributed by atoms with Crippen LogP contribution in [0.3, 0.4) is 0 Å². The third-order valence-corrected chi connectivity index (χ3v) is 4.05. The summed E-state index contributed by atoms with van der Waals surface area (Å²) in [5.74, 6) is -2.42. The molecule has 1 atom stereocenters. The summed E-state index contributed by atoms with van der Waals surface area (Å²) in [5, 5.41) is 2.32. The van der Waals surface area contributed by atoms with Crippen molar-refractivity contribution in [2.45, 2.75) is 19.1 Å². The van der Waals surface area contributed by atoms with Gasteiger partial charge in [0.25, 0.3) is 0 Å². The summed E-state index contributed by atoms with van der Waals surface area (Å²) in [6.07, 6.45) is -3.46. The monoisotopic (exact) mass is 370 g/mol. The molecule has 0 saturated carbocycles. The normalized spacial score (nSPS) is 17.6. The van der Waals surface area contributed by atoms with Crippen LogP contribution in [0.15, 0.2) is 41.0 Å². The largest absolute Gasteiger partial charge is 0.467 e. The molecule has 1 aromatic carbocycles. The first-order chi connectivity index (χ1) is 12.2. The predicted molar refractivity (Wildman–Crippen MR) is 82.3 cm³/mol. The van der Waals surface area contributed by atoms with E-state index in [0.717, 1.165) is 6.07 Å². The van der Waals surface area contributed by atoms with E-state index in [1.807, 2.05) is 0 Å². The fraction of sp³-hybridized carbons (Fsp3) is 0.294. The topological polar surface area (TPSA) is 62.6 Å². The molecule has 1 aromatic heterocycles. The molecule has 26 heavy (non-hydrogen) atoms. The van der Waals surface area contributed by atoms with Crippen LogP contribution in [0.25, 0.3) is 0 Å². The molecule has 0 bridgehead atoms. The van der Waals surface area contributed by atoms with Crippen molar-refractivity contribution in [2.75, 3.05) is 11.9 Å². The molecule has 0 spiro atoms. The Morgan fingerprint density at radius 1 is 1.31 bits per heavy atom. The molecule has 0 aliphatic carbocycles. The SMILES string of the molecule is O=C(Nc1ccc(F)c(C(F)(F)F)c1)C1CC(=O)N(Cc2ccco2)C1. The van der Waals surface area contributed by atoms with Gasteiger partial charge in [0.2, 0.25) is 11.8 Å². The first-order valence-corrected chi connectivity index (χ1v) is 7.72. The maximum absolute atomic E-state index is 13.3. The maximum atomic E-state index is 13.3. The molecule has 0 radical (unpaired) electrons. The molecule has 3 rings (SSSR count). The number of amides is 2. The number of nitrogens with one attached hydrogen (secondary N) is 1. The number of carbonyl (C=O) groups excluding carboxylic acids is 2. The molecule has 9 heteroatoms. The molecule has 1 fully saturated rings. The molecular formula is C17H14F4N2O3. The van der Waals surface area contributed by atoms with Crippen molar-refractivity contribution >= 4 is 17.5 Å². The average molecular weight is 370 g/mol. The van der Waals surface area contributed by atoms with Crippen LogP contribution in [0.2, 0.25) is 0 Å². The molecule has 1 unspecified atom stereocenters. The van der Waals surface area contributed by atoms with Crippen LogP contribution >= 0.6 is 0 Å². The number of hydrogen-bond acceptors (Lipinski definition) is 3. The summed E-state index contributed by atoms with van der Waals surface area (Å²) in [7, 11) is 0. The number of benzene rings is 1. The zero-order valence-electron chi connectivity index (χ0n) is 13.3. The van der Waals surface area contributed by atoms with Gasteiger partial charge >= 0.3 is 6.18 Å². The highest BCUT2D eigenvalue weighted by atomic mass is 19.4. The second-order valence-corrected chi connectivity index (χ2v) is 5.94. The molecule has 5 nitrogen and oxygen atoms in total. The second-order valence-electron chi connectivity index (χ2n) is 5.94. The van der Waals surface area contributed by atoms with E-state index in [2.05, 4.69) is 5.32 Å². The Labute approximate surface area is 145 Å². The molecule has 2 heterocycles. The van der Waals surface area contributed by atoms with Crippen LogP contribution < -0.4 is 5.32 Å². The van der Waals surface area contributed by atoms with Gasteiger partial charge in [-0.2, -0.15) is 13.2 Å². The zero-order valence-corrected chi connectivity index (χ0v) is 13.3. The number of nitrogens with zero attached hydrogens (tertiary/aromatic N) is 1. The first kappa shape index (κ1) is 18.0. The lowest BCUT2D eigenvalue weighted by Gasteiger charge is -2.15. The molecule has 2 amide bonds. The Morgan fingerprint density at radius 3 is 2.73 bits per heavy atom. The van der Waals surface area contributed by atoms with Gasteiger partial charge in [-0.05, 0) is 30.3 Å². The quantitative estimate of drug-likeness (QED) is 0.839. The van der Waals surface area contributed by atoms with Crippen molar-refractivity contribution in [2.24, 2.45) is 5.92 Å². The molecule has 1 N–H and O–H groups in total. The van der Waals surface area contributed by atoms with Crippen molar-refractivity contribution in [1.82, 2.24) is 4.90 Å². The van der Waals surface area contributed by atoms with Gasteiger partial charge in [0.1, 0.15) is 11.6 Å². The summed E-state index contributed by atoms with van der Waals surface area (Å²) >= 11 is 0. The predicted octanol–water partition coefficient (Wildman–Crippen LogP) is 3.42. The fourth-order valence-electron chi connectivity index (χ4n) is 2.76. The number of rotatable bonds is 4. The Morgan fingerprint density at radius 2 is 2.08 bits per heavy atom. The van der Waals surface area contributed by atoms with Crippen molar-refractivity contribution in [3.05, 3.63) is 53.7 Å². The van der Waals surface area contributed by atoms with Gasteiger partial charge in [-0.15, -0.1) is 0 Å². The lowest BCUT2D eigenvalue weighted by Crippen LogP contribution is -2.28. The lowest BCUT2D eigenvalue weighted by atomic mass is 10.1. The number of alkyl halides is 3. The number of carbonyl (C=O) groups is 2. The van der Waals surface area contributed by atoms with Crippen LogP contribution in [-0.4, -0.2) is 23.3 Å². The third-order valence-electron chi connectivity index (χ3n) is 4.05. The van der Waals surface area contributed by atoms with Gasteiger partial charge in [-0.3, -0.25) is 9.59 Å². The van der Waals surface area contributed by atoms with Crippen LogP contribution in [0, 0.1) is 11.7 Å². The van der Waals surface area contributed by atoms with Gasteiger partial charge in [-0.25, -0.2) is 4.39 Å². The molecule has 138 valence electrons. The molecule has 1 aliphatic heterocycles. The highest BCUT2D eigenvalue weighted by molar-refractivity contribution is 5.97. The number of likely N-dealkylation sites (tertiary alicyclic amines) is 1. The second kappa shape index (κ2) is 6.81. The standard InChI is InChI=1S/C17H14F4N2O3/c18-14-4-3-11(7-13(14)17(19,20)21)22-16(25)10-6-15(24)23(8-10)9-12-2-1-5-26-12/h1-5,7,10H,6,8-9H2,(H,22,25). The van der Waals surface area contributed by atoms with E-state index in [0.29, 0.717) is 17.9 Å². The van der Waals surface area contributed by atoms with E-state index < -0.39 is 29.4 Å². The van der Waals surface area contributed by atoms with E-state index in [9.17, 15) is 27.2 Å². The van der Waals surface area contributed by atoms with E-state index >= 15 is 0 Å². The van der Waals surface area contributed by atoms with Crippen LogP contribution in [0.4, 0.5) is 23.2 Å². The van der Waals surface area contributed by atoms with Crippen molar-refractivity contribution < 1.29 is 31.6 Å². The highest BCUT2D eigenvalue weighted by Crippen LogP contribution is 2.33. The van der Waals surface area contributed by atoms with E-state index in [-0.39, 0.29) is 31.1 Å². The van der Waals surface area contributed by atoms with Gasteiger partial charge in [0, 0.05) is 18.7 Å². The van der Waals surface area contributed by atoms with Crippen LogP contribution in [-0.2, 0) is 22.3 Å². The number of anilines is 1. The zero-order chi connectivity index (χ0) is 18.9. The van der Waals surface area contributed by atoms with Gasteiger partial charge in [-0.1, -0.05) is 0 Å². The molecule has 1 saturated heterocycles. The van der Waals surface area contributed by atoms with Crippen molar-refractivity contribution in [3.63, 3.8) is 0 Å². The molecular weight excluding hydrogens is 356 g/mol. The number of halogens is 4. The Bertz CT molecular complexity index is 818. The van der Waals surface area contributed by atoms with Crippen LogP contribution in [0.1, 0.15) is 17.7 Å². The Kier molecular flexibility index (Phi) is 4.71. The first-order valence-electron chi connectivity index (χ1n) is 7.72. The summed E-state index contributed by atoms with van der Waals surface area (Å²) in [6, 6.07) is 5.58. The van der Waals surface area contributed by atoms with Gasteiger partial charge < -0.3 is 14.6 Å². The maximum Gasteiger partial charge on any atom is 0.419 e. The average Bonchev–Trinajstić information content (AvgIpc) is 3.19. The summed E-state index contributed by atoms with van der Waals surface area (Å²) in [5.41, 5.74) is -1.64. The van der Waals surface area contributed by atoms with E-state index in [1.165, 1.54) is 11.2 Å². The fourth-order valence-corrected chi connectivity index (χ4v) is 2.76. The van der Waals surface area contributed by atoms with E-state index in [4.69, 9.17) is 4.42 Å². The van der Waals surface area contributed by atoms with Crippen LogP contribution in [0.5, 0.6) is 0 Å². The minimum atomic E-state index is -4.87. The number of furan rings is 1. The molecule has 1 aliphatic rings. The van der Waals surface area contributed by atoms with E-state index in [1.54, 1.807) is 12.1 Å². The van der Waals surface area contributed by atoms with Crippen molar-refractivity contribution in [3.8, 4) is 0 Å². The Hall–Kier alpha value is -2.84. The highest BCUT2D eigenvalue weighted by Gasteiger charge is 2.36. The van der Waals surface area contributed by atoms with Gasteiger partial charge in [0.05, 0.1) is 24.3 Å². The molecule has 2 aromatic rings. The van der Waals surface area contributed by atoms with Gasteiger partial charge in [0.15, 0.2) is 0 Å². The minimum Gasteiger partial charge on any atom is -0.467 e. The third kappa shape index (κ3) is 3.87. The van der Waals surface area contributed by atoms with Crippen molar-refractivity contribution in [1.29, 1.82) is 0 Å². The summed E-state index contributed by atoms with van der Waals surface area (Å²) in [6.45, 7) is 0.336. The minimum absolute atomic E-state index is 0.0557. The summed E-state index contributed by atoms with van der Waals surface area (Å²) in [4.78, 5) is 25.7. The smallest absolute Gasteiger partial charge is 0.419 e. The lowest BCUT2D eigenvalue weighted by molar-refractivity contribution is -0.140. The summed E-state index contributed by atoms with van der Waals surface area (Å²) < 4.78 is 56.7.